The Kier molecular flexibility index (Phi) is 9.13. The fourth-order valence-electron chi connectivity index (χ4n) is 15.2. The van der Waals surface area contributed by atoms with Crippen LogP contribution in [0.25, 0.3) is 44.5 Å². The second-order valence-corrected chi connectivity index (χ2v) is 26.8. The van der Waals surface area contributed by atoms with Gasteiger partial charge in [-0.25, -0.2) is 0 Å². The van der Waals surface area contributed by atoms with Gasteiger partial charge in [0.05, 0.1) is 0 Å². The van der Waals surface area contributed by atoms with Gasteiger partial charge >= 0.3 is 0 Å². The quantitative estimate of drug-likeness (QED) is 0.150. The molecule has 5 aliphatic rings. The first kappa shape index (κ1) is 43.9. The molecule has 0 spiro atoms. The topological polar surface area (TPSA) is 3.24 Å². The van der Waals surface area contributed by atoms with Gasteiger partial charge in [0.25, 0.3) is 0 Å². The van der Waals surface area contributed by atoms with E-state index in [-0.39, 0.29) is 24.3 Å². The molecular weight excluding hydrogens is 929 g/mol. The first-order valence-corrected chi connectivity index (χ1v) is 29.2. The minimum Gasteiger partial charge on any atom is -0.313 e. The lowest BCUT2D eigenvalue weighted by molar-refractivity contribution is 0.660. The molecule has 4 heteroatoms. The molecule has 11 aromatic carbocycles. The lowest BCUT2D eigenvalue weighted by atomic mass is 9.30. The largest absolute Gasteiger partial charge is 0.313 e. The van der Waals surface area contributed by atoms with Gasteiger partial charge in [-0.1, -0.05) is 275 Å². The predicted octanol–water partition coefficient (Wildman–Crippen LogP) is 10.5. The van der Waals surface area contributed by atoms with E-state index in [1.165, 1.54) is 137 Å². The van der Waals surface area contributed by atoms with Crippen LogP contribution in [0.1, 0.15) is 49.9 Å². The Morgan fingerprint density at radius 3 is 1.12 bits per heavy atom. The van der Waals surface area contributed by atoms with E-state index in [0.717, 1.165) is 0 Å². The molecular formula is C72H53B2NSi. The monoisotopic (exact) mass is 981 g/mol. The first-order chi connectivity index (χ1) is 37.2. The summed E-state index contributed by atoms with van der Waals surface area (Å²) >= 11 is 0. The normalized spacial score (nSPS) is 15.6. The summed E-state index contributed by atoms with van der Waals surface area (Å²) in [6.45, 7) is 9.62. The Morgan fingerprint density at radius 2 is 0.684 bits per heavy atom. The number of anilines is 3. The van der Waals surface area contributed by atoms with Crippen LogP contribution in [0.5, 0.6) is 0 Å². The molecule has 2 aliphatic carbocycles. The van der Waals surface area contributed by atoms with Crippen LogP contribution in [0.3, 0.4) is 0 Å². The van der Waals surface area contributed by atoms with Crippen LogP contribution in [0.15, 0.2) is 249 Å². The van der Waals surface area contributed by atoms with Gasteiger partial charge in [0, 0.05) is 27.9 Å². The van der Waals surface area contributed by atoms with Crippen LogP contribution in [0, 0.1) is 0 Å². The van der Waals surface area contributed by atoms with Crippen LogP contribution in [0.2, 0.25) is 0 Å². The molecule has 0 fully saturated rings. The minimum absolute atomic E-state index is 0.00726. The van der Waals surface area contributed by atoms with Crippen LogP contribution >= 0.6 is 0 Å². The van der Waals surface area contributed by atoms with Crippen molar-refractivity contribution in [3.63, 3.8) is 0 Å². The summed E-state index contributed by atoms with van der Waals surface area (Å²) in [7, 11) is -3.29. The van der Waals surface area contributed by atoms with Crippen molar-refractivity contribution >= 4 is 92.1 Å². The lowest BCUT2D eigenvalue weighted by Gasteiger charge is -2.53. The van der Waals surface area contributed by atoms with E-state index in [9.17, 15) is 0 Å². The van der Waals surface area contributed by atoms with Gasteiger partial charge in [0.15, 0.2) is 8.07 Å². The molecule has 0 aromatic heterocycles. The highest BCUT2D eigenvalue weighted by Crippen LogP contribution is 2.52. The summed E-state index contributed by atoms with van der Waals surface area (Å²) < 4.78 is 0. The van der Waals surface area contributed by atoms with Crippen molar-refractivity contribution in [2.45, 2.75) is 38.5 Å². The van der Waals surface area contributed by atoms with Crippen molar-refractivity contribution in [1.29, 1.82) is 0 Å². The molecule has 0 saturated carbocycles. The zero-order valence-electron chi connectivity index (χ0n) is 43.3. The molecule has 0 amide bonds. The Labute approximate surface area is 448 Å². The Bertz CT molecular complexity index is 3970. The number of fused-ring (bicyclic) bond motifs is 6. The van der Waals surface area contributed by atoms with Gasteiger partial charge in [-0.3, -0.25) is 0 Å². The average Bonchev–Trinajstić information content (AvgIpc) is 3.81. The van der Waals surface area contributed by atoms with Gasteiger partial charge in [-0.15, -0.1) is 0 Å². The second-order valence-electron chi connectivity index (χ2n) is 23.1. The first-order valence-electron chi connectivity index (χ1n) is 27.2. The Balaban J connectivity index is 1.07. The molecule has 0 radical (unpaired) electrons. The third-order valence-corrected chi connectivity index (χ3v) is 23.4. The van der Waals surface area contributed by atoms with E-state index in [2.05, 4.69) is 281 Å². The Hall–Kier alpha value is -8.43. The summed E-state index contributed by atoms with van der Waals surface area (Å²) in [6.07, 6.45) is 0. The maximum absolute atomic E-state index is 3.29. The highest BCUT2D eigenvalue weighted by Gasteiger charge is 2.56. The second kappa shape index (κ2) is 15.8. The molecule has 16 rings (SSSR count). The molecule has 0 saturated heterocycles. The SMILES string of the molecule is CC1(C)c2ccccc2-c2ccc(-c3cc4c5c(c3)[Si](c3ccccc3)(c3ccccc3)c3cc(-c6ccc7c(c6)C(C)(C)c6ccccc6-7)cc6c3N5c3c(cccc3B6c3ccccc3)B4c3ccccc3)cc21. The van der Waals surface area contributed by atoms with E-state index >= 15 is 0 Å². The number of hydrogen-bond donors (Lipinski definition) is 0. The molecule has 1 nitrogen and oxygen atoms in total. The summed E-state index contributed by atoms with van der Waals surface area (Å²) in [5.41, 5.74) is 27.9. The number of benzene rings is 11. The summed E-state index contributed by atoms with van der Waals surface area (Å²) in [5, 5.41) is 5.68. The van der Waals surface area contributed by atoms with Gasteiger partial charge in [0.1, 0.15) is 0 Å². The number of rotatable bonds is 6. The predicted molar refractivity (Wildman–Crippen MR) is 326 cm³/mol. The standard InChI is InChI=1S/C72H53B2NSi/c1-71(2)58-32-19-17-30-54(58)56-38-36-46(40-60(56)71)48-42-64-69-66(44-48)76(52-26-13-7-14-27-52,53-28-15-8-16-29-53)67-45-49(47-37-39-57-55-31-18-20-33-59(55)72(3,4)61(57)41-47)43-65-70(67)75(69)68-62(73(64)50-22-9-5-10-23-50)34-21-35-63(68)74(65)51-24-11-6-12-25-51/h5-45H,1-4H3. The van der Waals surface area contributed by atoms with Gasteiger partial charge in [-0.2, -0.15) is 0 Å². The minimum atomic E-state index is -3.29. The van der Waals surface area contributed by atoms with Gasteiger partial charge in [0.2, 0.25) is 13.4 Å². The third kappa shape index (κ3) is 5.77. The fourth-order valence-corrected chi connectivity index (χ4v) is 20.4. The summed E-state index contributed by atoms with van der Waals surface area (Å²) in [4.78, 5) is 2.79. The number of nitrogens with zero attached hydrogens (tertiary/aromatic N) is 1. The zero-order chi connectivity index (χ0) is 50.7. The van der Waals surface area contributed by atoms with E-state index in [4.69, 9.17) is 0 Å². The van der Waals surface area contributed by atoms with Crippen LogP contribution in [0.4, 0.5) is 17.1 Å². The zero-order valence-corrected chi connectivity index (χ0v) is 44.3. The summed E-state index contributed by atoms with van der Waals surface area (Å²) in [5.74, 6) is 0. The van der Waals surface area contributed by atoms with Gasteiger partial charge < -0.3 is 4.90 Å². The summed E-state index contributed by atoms with van der Waals surface area (Å²) in [6, 6.07) is 96.8. The van der Waals surface area contributed by atoms with Crippen molar-refractivity contribution in [1.82, 2.24) is 0 Å². The number of para-hydroxylation sites is 1. The molecule has 0 atom stereocenters. The molecule has 11 aromatic rings. The van der Waals surface area contributed by atoms with Crippen LogP contribution in [-0.4, -0.2) is 21.5 Å². The smallest absolute Gasteiger partial charge is 0.246 e. The maximum atomic E-state index is 2.79. The maximum Gasteiger partial charge on any atom is 0.246 e. The molecule has 0 unspecified atom stereocenters. The highest BCUT2D eigenvalue weighted by atomic mass is 28.3. The highest BCUT2D eigenvalue weighted by molar-refractivity contribution is 7.22. The molecule has 0 bridgehead atoms. The molecule has 0 N–H and O–H groups in total. The van der Waals surface area contributed by atoms with Gasteiger partial charge in [-0.05, 0) is 121 Å². The lowest BCUT2D eigenvalue weighted by Crippen LogP contribution is -2.81. The van der Waals surface area contributed by atoms with Crippen LogP contribution in [-0.2, 0) is 10.8 Å². The number of hydrogen-bond acceptors (Lipinski definition) is 1. The van der Waals surface area contributed by atoms with E-state index in [1.807, 2.05) is 0 Å². The van der Waals surface area contributed by atoms with E-state index in [0.29, 0.717) is 0 Å². The molecule has 76 heavy (non-hydrogen) atoms. The molecule has 3 heterocycles. The van der Waals surface area contributed by atoms with Crippen molar-refractivity contribution in [3.8, 4) is 44.5 Å². The molecule has 3 aliphatic heterocycles. The van der Waals surface area contributed by atoms with Crippen molar-refractivity contribution in [2.75, 3.05) is 4.90 Å². The average molecular weight is 982 g/mol. The van der Waals surface area contributed by atoms with E-state index < -0.39 is 8.07 Å². The van der Waals surface area contributed by atoms with Crippen molar-refractivity contribution < 1.29 is 0 Å². The molecule has 356 valence electrons. The fraction of sp³-hybridized carbons (Fsp3) is 0.0833. The Morgan fingerprint density at radius 1 is 0.303 bits per heavy atom. The van der Waals surface area contributed by atoms with Crippen molar-refractivity contribution in [3.05, 3.63) is 271 Å². The third-order valence-electron chi connectivity index (χ3n) is 18.6. The van der Waals surface area contributed by atoms with Crippen molar-refractivity contribution in [2.24, 2.45) is 0 Å². The van der Waals surface area contributed by atoms with E-state index in [1.54, 1.807) is 0 Å². The van der Waals surface area contributed by atoms with Crippen LogP contribution < -0.4 is 58.4 Å².